The number of amidine groups is 1. The molecule has 0 spiro atoms. The van der Waals surface area contributed by atoms with Gasteiger partial charge < -0.3 is 15.6 Å². The molecule has 1 atom stereocenters. The van der Waals surface area contributed by atoms with E-state index < -0.39 is 6.09 Å². The number of hydrogen-bond donors (Lipinski definition) is 2. The molecule has 3 N–H and O–H groups in total. The molecule has 0 aromatic heterocycles. The van der Waals surface area contributed by atoms with E-state index in [2.05, 4.69) is 41.5 Å². The Kier molecular flexibility index (Phi) is 6.55. The Hall–Kier alpha value is -2.96. The van der Waals surface area contributed by atoms with Gasteiger partial charge in [0.15, 0.2) is 0 Å². The standard InChI is InChI=1S/C27H35N3O3/c1-26(2,3)20-13-19(14-21(24(20)31)27(4,5)6)22-16-30(7,23(15-28)29-22)25(32)33-17-18-11-9-8-10-12-18/h8-14,16H,15,17,28H2,1-7H3/p+1. The number of phenolic OH excluding ortho intramolecular Hbond substituents is 1. The van der Waals surface area contributed by atoms with E-state index in [1.165, 1.54) is 0 Å². The molecule has 1 heterocycles. The predicted molar refractivity (Wildman–Crippen MR) is 133 cm³/mol. The molecular formula is C27H36N3O3+. The molecule has 1 amide bonds. The number of nitrogens with zero attached hydrogens (tertiary/aromatic N) is 2. The first-order valence-corrected chi connectivity index (χ1v) is 11.2. The molecule has 33 heavy (non-hydrogen) atoms. The second-order valence-electron chi connectivity index (χ2n) is 10.8. The van der Waals surface area contributed by atoms with Crippen molar-refractivity contribution in [3.8, 4) is 5.75 Å². The van der Waals surface area contributed by atoms with Gasteiger partial charge in [0.05, 0.1) is 13.6 Å². The third kappa shape index (κ3) is 5.02. The van der Waals surface area contributed by atoms with Crippen molar-refractivity contribution >= 4 is 17.6 Å². The van der Waals surface area contributed by atoms with Crippen LogP contribution in [-0.4, -0.2) is 35.1 Å². The lowest BCUT2D eigenvalue weighted by molar-refractivity contribution is -0.684. The van der Waals surface area contributed by atoms with Crippen molar-refractivity contribution in [3.63, 3.8) is 0 Å². The van der Waals surface area contributed by atoms with Crippen LogP contribution in [0.2, 0.25) is 0 Å². The van der Waals surface area contributed by atoms with Crippen LogP contribution in [0.4, 0.5) is 4.79 Å². The summed E-state index contributed by atoms with van der Waals surface area (Å²) in [7, 11) is 1.74. The predicted octanol–water partition coefficient (Wildman–Crippen LogP) is 5.44. The lowest BCUT2D eigenvalue weighted by Crippen LogP contribution is -2.50. The number of likely N-dealkylation sites (N-methyl/N-ethyl adjacent to an activating group) is 1. The average Bonchev–Trinajstić information content (AvgIpc) is 3.09. The maximum Gasteiger partial charge on any atom is 0.527 e. The van der Waals surface area contributed by atoms with Crippen LogP contribution in [-0.2, 0) is 22.2 Å². The number of quaternary nitrogens is 1. The van der Waals surface area contributed by atoms with Gasteiger partial charge in [-0.05, 0) is 28.5 Å². The van der Waals surface area contributed by atoms with E-state index >= 15 is 0 Å². The van der Waals surface area contributed by atoms with Gasteiger partial charge in [0.25, 0.3) is 0 Å². The lowest BCUT2D eigenvalue weighted by Gasteiger charge is -2.28. The number of ether oxygens (including phenoxy) is 1. The van der Waals surface area contributed by atoms with Crippen molar-refractivity contribution in [1.29, 1.82) is 0 Å². The molecule has 6 nitrogen and oxygen atoms in total. The van der Waals surface area contributed by atoms with Crippen LogP contribution in [0.3, 0.4) is 0 Å². The summed E-state index contributed by atoms with van der Waals surface area (Å²) in [6, 6.07) is 13.5. The molecule has 2 aromatic rings. The highest BCUT2D eigenvalue weighted by molar-refractivity contribution is 5.95. The van der Waals surface area contributed by atoms with Crippen molar-refractivity contribution in [2.24, 2.45) is 10.7 Å². The highest BCUT2D eigenvalue weighted by Gasteiger charge is 2.43. The monoisotopic (exact) mass is 450 g/mol. The number of carbonyl (C=O) groups is 1. The van der Waals surface area contributed by atoms with Crippen molar-refractivity contribution < 1.29 is 19.1 Å². The third-order valence-corrected chi connectivity index (χ3v) is 5.95. The van der Waals surface area contributed by atoms with Gasteiger partial charge in [0, 0.05) is 16.7 Å². The van der Waals surface area contributed by atoms with Gasteiger partial charge in [0.2, 0.25) is 5.84 Å². The quantitative estimate of drug-likeness (QED) is 0.608. The van der Waals surface area contributed by atoms with Gasteiger partial charge in [-0.25, -0.2) is 0 Å². The number of aromatic hydroxyl groups is 1. The second-order valence-corrected chi connectivity index (χ2v) is 10.8. The summed E-state index contributed by atoms with van der Waals surface area (Å²) in [6.45, 7) is 12.7. The fourth-order valence-corrected chi connectivity index (χ4v) is 3.90. The molecule has 3 rings (SSSR count). The number of phenols is 1. The zero-order valence-electron chi connectivity index (χ0n) is 20.8. The van der Waals surface area contributed by atoms with Crippen molar-refractivity contribution in [2.75, 3.05) is 13.6 Å². The fraction of sp³-hybridized carbons (Fsp3) is 0.407. The van der Waals surface area contributed by atoms with Crippen molar-refractivity contribution in [1.82, 2.24) is 0 Å². The van der Waals surface area contributed by atoms with E-state index in [1.54, 1.807) is 13.2 Å². The lowest BCUT2D eigenvalue weighted by atomic mass is 9.78. The van der Waals surface area contributed by atoms with Gasteiger partial charge in [-0.1, -0.05) is 71.9 Å². The number of nitrogens with two attached hydrogens (primary N) is 1. The molecular weight excluding hydrogens is 414 g/mol. The van der Waals surface area contributed by atoms with Crippen molar-refractivity contribution in [2.45, 2.75) is 59.0 Å². The largest absolute Gasteiger partial charge is 0.527 e. The zero-order chi connectivity index (χ0) is 24.6. The maximum absolute atomic E-state index is 13.1. The van der Waals surface area contributed by atoms with Gasteiger partial charge in [-0.15, -0.1) is 0 Å². The number of benzene rings is 2. The molecule has 176 valence electrons. The minimum absolute atomic E-state index is 0.118. The minimum Gasteiger partial charge on any atom is -0.507 e. The molecule has 0 radical (unpaired) electrons. The van der Waals surface area contributed by atoms with Crippen LogP contribution in [0.15, 0.2) is 53.7 Å². The Balaban J connectivity index is 2.03. The summed E-state index contributed by atoms with van der Waals surface area (Å²) in [5.74, 6) is 0.811. The van der Waals surface area contributed by atoms with Crippen LogP contribution in [0.5, 0.6) is 5.75 Å². The SMILES string of the molecule is CC(C)(C)c1cc(C2=C[N+](C)(C(=O)OCc3ccccc3)C(CN)=N2)cc(C(C)(C)C)c1O. The summed E-state index contributed by atoms with van der Waals surface area (Å²) in [4.78, 5) is 17.8. The topological polar surface area (TPSA) is 84.9 Å². The molecule has 0 saturated heterocycles. The molecule has 0 bridgehead atoms. The number of hydrogen-bond acceptors (Lipinski definition) is 5. The first kappa shape index (κ1) is 24.7. The van der Waals surface area contributed by atoms with E-state index in [4.69, 9.17) is 15.5 Å². The molecule has 1 unspecified atom stereocenters. The van der Waals surface area contributed by atoms with E-state index in [1.807, 2.05) is 42.5 Å². The Morgan fingerprint density at radius 2 is 1.58 bits per heavy atom. The molecule has 6 heteroatoms. The zero-order valence-corrected chi connectivity index (χ0v) is 20.8. The van der Waals surface area contributed by atoms with Crippen LogP contribution in [0.25, 0.3) is 5.70 Å². The molecule has 1 aliphatic heterocycles. The third-order valence-electron chi connectivity index (χ3n) is 5.95. The normalized spacial score (nSPS) is 18.7. The molecule has 2 aromatic carbocycles. The minimum atomic E-state index is -0.441. The van der Waals surface area contributed by atoms with Gasteiger partial charge in [-0.2, -0.15) is 14.3 Å². The van der Waals surface area contributed by atoms with E-state index in [9.17, 15) is 9.90 Å². The Morgan fingerprint density at radius 1 is 1.03 bits per heavy atom. The summed E-state index contributed by atoms with van der Waals surface area (Å²) in [6.07, 6.45) is 1.34. The molecule has 1 aliphatic rings. The Morgan fingerprint density at radius 3 is 2.06 bits per heavy atom. The molecule has 0 saturated carbocycles. The summed E-state index contributed by atoms with van der Waals surface area (Å²) >= 11 is 0. The molecule has 0 fully saturated rings. The van der Waals surface area contributed by atoms with Gasteiger partial charge >= 0.3 is 6.09 Å². The Bertz CT molecular complexity index is 1070. The number of carbonyl (C=O) groups excluding carboxylic acids is 1. The highest BCUT2D eigenvalue weighted by Crippen LogP contribution is 2.42. The first-order chi connectivity index (χ1) is 15.3. The average molecular weight is 451 g/mol. The van der Waals surface area contributed by atoms with E-state index in [-0.39, 0.29) is 28.5 Å². The number of amides is 1. The number of rotatable bonds is 4. The first-order valence-electron chi connectivity index (χ1n) is 11.2. The fourth-order valence-electron chi connectivity index (χ4n) is 3.90. The van der Waals surface area contributed by atoms with Crippen LogP contribution >= 0.6 is 0 Å². The van der Waals surface area contributed by atoms with Crippen molar-refractivity contribution in [3.05, 3.63) is 70.9 Å². The molecule has 0 aliphatic carbocycles. The highest BCUT2D eigenvalue weighted by atomic mass is 16.6. The number of aliphatic imine (C=N–C) groups is 1. The summed E-state index contributed by atoms with van der Waals surface area (Å²) in [5, 5.41) is 11.0. The van der Waals surface area contributed by atoms with Gasteiger partial charge in [0.1, 0.15) is 24.3 Å². The van der Waals surface area contributed by atoms with Crippen LogP contribution < -0.4 is 5.73 Å². The van der Waals surface area contributed by atoms with Crippen LogP contribution in [0, 0.1) is 0 Å². The smallest absolute Gasteiger partial charge is 0.507 e. The maximum atomic E-state index is 13.1. The van der Waals surface area contributed by atoms with E-state index in [0.717, 1.165) is 22.3 Å². The van der Waals surface area contributed by atoms with Crippen LogP contribution in [0.1, 0.15) is 63.8 Å². The summed E-state index contributed by atoms with van der Waals surface area (Å²) < 4.78 is 5.38. The second kappa shape index (κ2) is 8.76. The summed E-state index contributed by atoms with van der Waals surface area (Å²) in [5.41, 5.74) is 9.51. The van der Waals surface area contributed by atoms with E-state index in [0.29, 0.717) is 17.3 Å². The Labute approximate surface area is 197 Å². The van der Waals surface area contributed by atoms with Gasteiger partial charge in [-0.3, -0.25) is 0 Å².